The Kier molecular flexibility index (Phi) is 6.32. The summed E-state index contributed by atoms with van der Waals surface area (Å²) >= 11 is 0. The largest absolute Gasteiger partial charge is 0.497 e. The molecule has 0 aliphatic carbocycles. The molecule has 0 aliphatic heterocycles. The van der Waals surface area contributed by atoms with Crippen molar-refractivity contribution in [1.29, 1.82) is 0 Å². The predicted octanol–water partition coefficient (Wildman–Crippen LogP) is 2.73. The van der Waals surface area contributed by atoms with Crippen LogP contribution in [0.5, 0.6) is 11.5 Å². The average Bonchev–Trinajstić information content (AvgIpc) is 2.61. The van der Waals surface area contributed by atoms with Crippen molar-refractivity contribution in [2.24, 2.45) is 0 Å². The lowest BCUT2D eigenvalue weighted by Gasteiger charge is -2.23. The van der Waals surface area contributed by atoms with E-state index in [9.17, 15) is 13.2 Å². The minimum absolute atomic E-state index is 0.359. The topological polar surface area (TPSA) is 84.9 Å². The number of ether oxygens (including phenoxy) is 2. The summed E-state index contributed by atoms with van der Waals surface area (Å²) < 4.78 is 35.9. The number of rotatable bonds is 7. The molecule has 0 saturated heterocycles. The van der Waals surface area contributed by atoms with Gasteiger partial charge in [-0.15, -0.1) is 0 Å². The van der Waals surface area contributed by atoms with E-state index in [2.05, 4.69) is 5.32 Å². The first-order chi connectivity index (χ1) is 12.7. The van der Waals surface area contributed by atoms with Crippen LogP contribution in [0.15, 0.2) is 36.4 Å². The van der Waals surface area contributed by atoms with Gasteiger partial charge in [-0.1, -0.05) is 6.07 Å². The maximum Gasteiger partial charge on any atom is 0.245 e. The summed E-state index contributed by atoms with van der Waals surface area (Å²) in [5, 5.41) is 2.68. The van der Waals surface area contributed by atoms with Crippen LogP contribution in [0.4, 0.5) is 11.4 Å². The average molecular weight is 392 g/mol. The van der Waals surface area contributed by atoms with Crippen LogP contribution < -0.4 is 19.1 Å². The molecule has 0 fully saturated rings. The van der Waals surface area contributed by atoms with E-state index in [1.165, 1.54) is 14.2 Å². The number of hydrogen-bond donors (Lipinski definition) is 1. The molecule has 2 rings (SSSR count). The highest BCUT2D eigenvalue weighted by atomic mass is 32.2. The first kappa shape index (κ1) is 20.6. The van der Waals surface area contributed by atoms with E-state index in [0.717, 1.165) is 21.7 Å². The second-order valence-corrected chi connectivity index (χ2v) is 8.06. The molecule has 0 unspecified atom stereocenters. The van der Waals surface area contributed by atoms with Crippen molar-refractivity contribution in [2.45, 2.75) is 13.8 Å². The van der Waals surface area contributed by atoms with Crippen molar-refractivity contribution < 1.29 is 22.7 Å². The first-order valence-corrected chi connectivity index (χ1v) is 10.1. The van der Waals surface area contributed by atoms with Crippen LogP contribution in [-0.4, -0.2) is 41.3 Å². The van der Waals surface area contributed by atoms with Crippen LogP contribution in [0.25, 0.3) is 0 Å². The number of aryl methyl sites for hydroxylation is 2. The van der Waals surface area contributed by atoms with Gasteiger partial charge in [0.2, 0.25) is 15.9 Å². The number of anilines is 2. The van der Waals surface area contributed by atoms with E-state index < -0.39 is 15.9 Å². The lowest BCUT2D eigenvalue weighted by molar-refractivity contribution is -0.114. The highest BCUT2D eigenvalue weighted by molar-refractivity contribution is 7.92. The Morgan fingerprint density at radius 1 is 1.04 bits per heavy atom. The van der Waals surface area contributed by atoms with Crippen LogP contribution in [0, 0.1) is 13.8 Å². The number of methoxy groups -OCH3 is 2. The number of hydrogen-bond acceptors (Lipinski definition) is 5. The summed E-state index contributed by atoms with van der Waals surface area (Å²) in [6, 6.07) is 10.2. The third-order valence-corrected chi connectivity index (χ3v) is 5.29. The summed E-state index contributed by atoms with van der Waals surface area (Å²) in [4.78, 5) is 12.5. The Morgan fingerprint density at radius 2 is 1.74 bits per heavy atom. The van der Waals surface area contributed by atoms with Gasteiger partial charge in [-0.3, -0.25) is 9.10 Å². The maximum atomic E-state index is 12.5. The van der Waals surface area contributed by atoms with Gasteiger partial charge in [0.15, 0.2) is 0 Å². The van der Waals surface area contributed by atoms with Crippen molar-refractivity contribution in [3.05, 3.63) is 47.5 Å². The van der Waals surface area contributed by atoms with Gasteiger partial charge in [0.05, 0.1) is 31.9 Å². The molecular formula is C19H24N2O5S. The molecule has 27 heavy (non-hydrogen) atoms. The molecule has 0 bridgehead atoms. The second-order valence-electron chi connectivity index (χ2n) is 6.15. The Bertz CT molecular complexity index is 941. The van der Waals surface area contributed by atoms with Gasteiger partial charge < -0.3 is 14.8 Å². The molecule has 2 aromatic rings. The molecule has 0 radical (unpaired) electrons. The third kappa shape index (κ3) is 5.13. The Balaban J connectivity index is 2.28. The molecule has 0 heterocycles. The summed E-state index contributed by atoms with van der Waals surface area (Å²) in [5.41, 5.74) is 2.82. The number of nitrogens with zero attached hydrogens (tertiary/aromatic N) is 1. The quantitative estimate of drug-likeness (QED) is 0.783. The molecule has 1 amide bonds. The molecule has 7 nitrogen and oxygen atoms in total. The number of nitrogens with one attached hydrogen (secondary N) is 1. The number of amides is 1. The van der Waals surface area contributed by atoms with Gasteiger partial charge in [-0.05, 0) is 49.2 Å². The van der Waals surface area contributed by atoms with Gasteiger partial charge in [-0.2, -0.15) is 0 Å². The van der Waals surface area contributed by atoms with Crippen LogP contribution in [0.1, 0.15) is 11.1 Å². The fourth-order valence-electron chi connectivity index (χ4n) is 2.51. The highest BCUT2D eigenvalue weighted by Crippen LogP contribution is 2.29. The van der Waals surface area contributed by atoms with Crippen molar-refractivity contribution in [3.63, 3.8) is 0 Å². The monoisotopic (exact) mass is 392 g/mol. The summed E-state index contributed by atoms with van der Waals surface area (Å²) in [5.74, 6) is 0.492. The second kappa shape index (κ2) is 8.30. The molecule has 0 aromatic heterocycles. The van der Waals surface area contributed by atoms with E-state index in [4.69, 9.17) is 9.47 Å². The normalized spacial score (nSPS) is 11.0. The molecule has 0 saturated carbocycles. The molecule has 146 valence electrons. The number of carbonyl (C=O) groups excluding carboxylic acids is 1. The van der Waals surface area contributed by atoms with Gasteiger partial charge in [0.25, 0.3) is 0 Å². The van der Waals surface area contributed by atoms with Crippen molar-refractivity contribution >= 4 is 27.3 Å². The zero-order valence-electron chi connectivity index (χ0n) is 16.1. The standard InChI is InChI=1S/C19H24N2O5S/c1-13-6-7-15(10-14(13)2)21(27(5,23)24)12-19(22)20-17-11-16(25-3)8-9-18(17)26-4/h6-11H,12H2,1-5H3,(H,20,22). The number of sulfonamides is 1. The van der Waals surface area contributed by atoms with Gasteiger partial charge in [0.1, 0.15) is 18.0 Å². The summed E-state index contributed by atoms with van der Waals surface area (Å²) in [6.07, 6.45) is 1.07. The van der Waals surface area contributed by atoms with E-state index in [0.29, 0.717) is 22.9 Å². The van der Waals surface area contributed by atoms with Crippen LogP contribution in [0.2, 0.25) is 0 Å². The third-order valence-electron chi connectivity index (χ3n) is 4.15. The summed E-state index contributed by atoms with van der Waals surface area (Å²) in [7, 11) is -0.653. The van der Waals surface area contributed by atoms with E-state index >= 15 is 0 Å². The van der Waals surface area contributed by atoms with Crippen LogP contribution in [-0.2, 0) is 14.8 Å². The van der Waals surface area contributed by atoms with Crippen molar-refractivity contribution in [3.8, 4) is 11.5 Å². The molecular weight excluding hydrogens is 368 g/mol. The van der Waals surface area contributed by atoms with E-state index in [1.807, 2.05) is 19.9 Å². The smallest absolute Gasteiger partial charge is 0.245 e. The zero-order valence-corrected chi connectivity index (χ0v) is 16.9. The van der Waals surface area contributed by atoms with Crippen LogP contribution in [0.3, 0.4) is 0 Å². The zero-order chi connectivity index (χ0) is 20.2. The fourth-order valence-corrected chi connectivity index (χ4v) is 3.36. The fraction of sp³-hybridized carbons (Fsp3) is 0.316. The van der Waals surface area contributed by atoms with Gasteiger partial charge >= 0.3 is 0 Å². The Morgan fingerprint density at radius 3 is 2.30 bits per heavy atom. The first-order valence-electron chi connectivity index (χ1n) is 8.22. The SMILES string of the molecule is COc1ccc(OC)c(NC(=O)CN(c2ccc(C)c(C)c2)S(C)(=O)=O)c1. The Hall–Kier alpha value is -2.74. The molecule has 0 aliphatic rings. The minimum atomic E-state index is -3.65. The van der Waals surface area contributed by atoms with Gasteiger partial charge in [-0.25, -0.2) is 8.42 Å². The molecule has 0 spiro atoms. The maximum absolute atomic E-state index is 12.5. The van der Waals surface area contributed by atoms with Crippen molar-refractivity contribution in [1.82, 2.24) is 0 Å². The number of benzene rings is 2. The molecule has 2 aromatic carbocycles. The van der Waals surface area contributed by atoms with E-state index in [1.54, 1.807) is 30.3 Å². The lowest BCUT2D eigenvalue weighted by Crippen LogP contribution is -2.37. The van der Waals surface area contributed by atoms with Crippen molar-refractivity contribution in [2.75, 3.05) is 36.6 Å². The number of carbonyl (C=O) groups is 1. The lowest BCUT2D eigenvalue weighted by atomic mass is 10.1. The van der Waals surface area contributed by atoms with E-state index in [-0.39, 0.29) is 6.54 Å². The molecule has 1 N–H and O–H groups in total. The molecule has 0 atom stereocenters. The minimum Gasteiger partial charge on any atom is -0.497 e. The Labute approximate surface area is 160 Å². The summed E-state index contributed by atoms with van der Waals surface area (Å²) in [6.45, 7) is 3.47. The van der Waals surface area contributed by atoms with Crippen LogP contribution >= 0.6 is 0 Å². The predicted molar refractivity (Wildman–Crippen MR) is 106 cm³/mol. The van der Waals surface area contributed by atoms with Gasteiger partial charge in [0, 0.05) is 6.07 Å². The highest BCUT2D eigenvalue weighted by Gasteiger charge is 2.22. The molecule has 8 heteroatoms.